The molecule has 3 N–H and O–H groups in total. The number of halogens is 2. The normalized spacial score (nSPS) is 24.6. The molecule has 1 aliphatic rings. The smallest absolute Gasteiger partial charge is 0.234 e. The molecule has 2 atom stereocenters. The molecular formula is C12H14F2N2O. The van der Waals surface area contributed by atoms with Crippen LogP contribution in [0.2, 0.25) is 0 Å². The minimum absolute atomic E-state index is 0.163. The molecule has 1 heterocycles. The van der Waals surface area contributed by atoms with Crippen LogP contribution in [0, 0.1) is 11.6 Å². The van der Waals surface area contributed by atoms with Gasteiger partial charge >= 0.3 is 0 Å². The van der Waals surface area contributed by atoms with Crippen molar-refractivity contribution >= 4 is 5.91 Å². The Morgan fingerprint density at radius 2 is 2.18 bits per heavy atom. The third-order valence-corrected chi connectivity index (χ3v) is 3.17. The van der Waals surface area contributed by atoms with Crippen molar-refractivity contribution in [3.05, 3.63) is 35.4 Å². The van der Waals surface area contributed by atoms with Crippen LogP contribution in [0.15, 0.2) is 18.2 Å². The molecule has 2 unspecified atom stereocenters. The van der Waals surface area contributed by atoms with Gasteiger partial charge in [0.25, 0.3) is 0 Å². The van der Waals surface area contributed by atoms with Gasteiger partial charge in [-0.1, -0.05) is 12.1 Å². The van der Waals surface area contributed by atoms with E-state index in [4.69, 9.17) is 5.73 Å². The SMILES string of the molecule is NC(=O)C1CC(c2cccc(F)c2F)CCN1. The molecule has 0 aliphatic carbocycles. The van der Waals surface area contributed by atoms with E-state index in [1.165, 1.54) is 6.07 Å². The number of rotatable bonds is 2. The molecule has 5 heteroatoms. The first-order valence-corrected chi connectivity index (χ1v) is 5.56. The van der Waals surface area contributed by atoms with Crippen molar-refractivity contribution in [2.75, 3.05) is 6.54 Å². The number of piperidine rings is 1. The van der Waals surface area contributed by atoms with Gasteiger partial charge in [-0.2, -0.15) is 0 Å². The summed E-state index contributed by atoms with van der Waals surface area (Å²) in [5.41, 5.74) is 5.54. The zero-order chi connectivity index (χ0) is 12.4. The standard InChI is InChI=1S/C12H14F2N2O/c13-9-3-1-2-8(11(9)14)7-4-5-16-10(6-7)12(15)17/h1-3,7,10,16H,4-6H2,(H2,15,17). The molecule has 1 aromatic carbocycles. The molecule has 1 saturated heterocycles. The number of amides is 1. The molecule has 0 saturated carbocycles. The Kier molecular flexibility index (Phi) is 3.38. The fraction of sp³-hybridized carbons (Fsp3) is 0.417. The molecule has 0 bridgehead atoms. The first kappa shape index (κ1) is 12.0. The van der Waals surface area contributed by atoms with Crippen molar-refractivity contribution in [1.82, 2.24) is 5.32 Å². The Labute approximate surface area is 98.0 Å². The monoisotopic (exact) mass is 240 g/mol. The molecule has 2 rings (SSSR count). The summed E-state index contributed by atoms with van der Waals surface area (Å²) in [5.74, 6) is -2.28. The van der Waals surface area contributed by atoms with Gasteiger partial charge < -0.3 is 11.1 Å². The quantitative estimate of drug-likeness (QED) is 0.818. The fourth-order valence-corrected chi connectivity index (χ4v) is 2.25. The van der Waals surface area contributed by atoms with Gasteiger partial charge in [-0.05, 0) is 36.9 Å². The van der Waals surface area contributed by atoms with E-state index in [0.29, 0.717) is 24.9 Å². The van der Waals surface area contributed by atoms with Crippen LogP contribution in [-0.4, -0.2) is 18.5 Å². The summed E-state index contributed by atoms with van der Waals surface area (Å²) in [4.78, 5) is 11.1. The van der Waals surface area contributed by atoms with Crippen LogP contribution >= 0.6 is 0 Å². The lowest BCUT2D eigenvalue weighted by molar-refractivity contribution is -0.120. The summed E-state index contributed by atoms with van der Waals surface area (Å²) in [6.07, 6.45) is 1.08. The van der Waals surface area contributed by atoms with Crippen LogP contribution in [0.3, 0.4) is 0 Å². The van der Waals surface area contributed by atoms with Crippen LogP contribution in [-0.2, 0) is 4.79 Å². The molecule has 1 aliphatic heterocycles. The van der Waals surface area contributed by atoms with Crippen LogP contribution in [0.4, 0.5) is 8.78 Å². The van der Waals surface area contributed by atoms with Crippen LogP contribution in [0.25, 0.3) is 0 Å². The maximum absolute atomic E-state index is 13.6. The maximum Gasteiger partial charge on any atom is 0.234 e. The van der Waals surface area contributed by atoms with Gasteiger partial charge in [-0.25, -0.2) is 8.78 Å². The van der Waals surface area contributed by atoms with Crippen LogP contribution in [0.1, 0.15) is 24.3 Å². The second-order valence-corrected chi connectivity index (χ2v) is 4.27. The molecule has 0 radical (unpaired) electrons. The first-order chi connectivity index (χ1) is 8.09. The maximum atomic E-state index is 13.6. The number of nitrogens with one attached hydrogen (secondary N) is 1. The molecule has 0 spiro atoms. The lowest BCUT2D eigenvalue weighted by atomic mass is 9.86. The topological polar surface area (TPSA) is 55.1 Å². The Morgan fingerprint density at radius 1 is 1.41 bits per heavy atom. The average molecular weight is 240 g/mol. The summed E-state index contributed by atoms with van der Waals surface area (Å²) >= 11 is 0. The largest absolute Gasteiger partial charge is 0.368 e. The van der Waals surface area contributed by atoms with E-state index in [9.17, 15) is 13.6 Å². The van der Waals surface area contributed by atoms with E-state index in [2.05, 4.69) is 5.32 Å². The number of hydrogen-bond donors (Lipinski definition) is 2. The molecule has 17 heavy (non-hydrogen) atoms. The zero-order valence-corrected chi connectivity index (χ0v) is 9.25. The van der Waals surface area contributed by atoms with Gasteiger partial charge in [-0.3, -0.25) is 4.79 Å². The predicted octanol–water partition coefficient (Wildman–Crippen LogP) is 1.29. The molecule has 3 nitrogen and oxygen atoms in total. The van der Waals surface area contributed by atoms with E-state index in [1.807, 2.05) is 0 Å². The molecule has 1 amide bonds. The zero-order valence-electron chi connectivity index (χ0n) is 9.25. The minimum atomic E-state index is -0.850. The van der Waals surface area contributed by atoms with E-state index in [-0.39, 0.29) is 5.92 Å². The van der Waals surface area contributed by atoms with E-state index >= 15 is 0 Å². The number of hydrogen-bond acceptors (Lipinski definition) is 2. The van der Waals surface area contributed by atoms with Crippen LogP contribution < -0.4 is 11.1 Å². The Balaban J connectivity index is 2.22. The summed E-state index contributed by atoms with van der Waals surface area (Å²) in [6, 6.07) is 3.67. The molecule has 92 valence electrons. The Bertz CT molecular complexity index is 437. The van der Waals surface area contributed by atoms with Gasteiger partial charge in [0, 0.05) is 0 Å². The van der Waals surface area contributed by atoms with E-state index < -0.39 is 23.6 Å². The number of carbonyl (C=O) groups excluding carboxylic acids is 1. The predicted molar refractivity (Wildman–Crippen MR) is 59.3 cm³/mol. The average Bonchev–Trinajstić information content (AvgIpc) is 2.33. The molecule has 1 fully saturated rings. The lowest BCUT2D eigenvalue weighted by Gasteiger charge is -2.28. The molecular weight excluding hydrogens is 226 g/mol. The molecule has 0 aromatic heterocycles. The summed E-state index contributed by atoms with van der Waals surface area (Å²) in [7, 11) is 0. The first-order valence-electron chi connectivity index (χ1n) is 5.56. The van der Waals surface area contributed by atoms with Crippen molar-refractivity contribution < 1.29 is 13.6 Å². The third kappa shape index (κ3) is 2.44. The lowest BCUT2D eigenvalue weighted by Crippen LogP contribution is -2.46. The van der Waals surface area contributed by atoms with Gasteiger partial charge in [0.15, 0.2) is 11.6 Å². The second-order valence-electron chi connectivity index (χ2n) is 4.27. The summed E-state index contributed by atoms with van der Waals surface area (Å²) in [6.45, 7) is 0.578. The highest BCUT2D eigenvalue weighted by Crippen LogP contribution is 2.30. The van der Waals surface area contributed by atoms with E-state index in [1.54, 1.807) is 6.07 Å². The van der Waals surface area contributed by atoms with Crippen LogP contribution in [0.5, 0.6) is 0 Å². The number of carbonyl (C=O) groups is 1. The number of nitrogens with two attached hydrogens (primary N) is 1. The highest BCUT2D eigenvalue weighted by molar-refractivity contribution is 5.80. The Morgan fingerprint density at radius 3 is 2.88 bits per heavy atom. The third-order valence-electron chi connectivity index (χ3n) is 3.17. The van der Waals surface area contributed by atoms with E-state index in [0.717, 1.165) is 6.07 Å². The van der Waals surface area contributed by atoms with Gasteiger partial charge in [0.1, 0.15) is 0 Å². The van der Waals surface area contributed by atoms with Crippen molar-refractivity contribution in [3.63, 3.8) is 0 Å². The van der Waals surface area contributed by atoms with Crippen molar-refractivity contribution in [3.8, 4) is 0 Å². The highest BCUT2D eigenvalue weighted by atomic mass is 19.2. The van der Waals surface area contributed by atoms with Crippen molar-refractivity contribution in [2.24, 2.45) is 5.73 Å². The van der Waals surface area contributed by atoms with Gasteiger partial charge in [0.2, 0.25) is 5.91 Å². The summed E-state index contributed by atoms with van der Waals surface area (Å²) < 4.78 is 26.7. The highest BCUT2D eigenvalue weighted by Gasteiger charge is 2.28. The second kappa shape index (κ2) is 4.79. The minimum Gasteiger partial charge on any atom is -0.368 e. The van der Waals surface area contributed by atoms with Gasteiger partial charge in [0.05, 0.1) is 6.04 Å². The summed E-state index contributed by atoms with van der Waals surface area (Å²) in [5, 5.41) is 2.96. The van der Waals surface area contributed by atoms with Crippen molar-refractivity contribution in [1.29, 1.82) is 0 Å². The number of primary amides is 1. The van der Waals surface area contributed by atoms with Crippen molar-refractivity contribution in [2.45, 2.75) is 24.8 Å². The Hall–Kier alpha value is -1.49. The van der Waals surface area contributed by atoms with Gasteiger partial charge in [-0.15, -0.1) is 0 Å². The molecule has 1 aromatic rings. The fourth-order valence-electron chi connectivity index (χ4n) is 2.25. The number of benzene rings is 1.